The Labute approximate surface area is 164 Å². The van der Waals surface area contributed by atoms with Gasteiger partial charge in [0.1, 0.15) is 17.6 Å². The first kappa shape index (κ1) is 20.8. The van der Waals surface area contributed by atoms with Crippen LogP contribution in [0, 0.1) is 0 Å². The Hall–Kier alpha value is -1.88. The minimum atomic E-state index is -3.71. The highest BCUT2D eigenvalue weighted by atomic mass is 32.2. The van der Waals surface area contributed by atoms with Gasteiger partial charge in [0.2, 0.25) is 10.0 Å². The first-order chi connectivity index (χ1) is 13.2. The first-order valence-electron chi connectivity index (χ1n) is 8.93. The maximum Gasteiger partial charge on any atom is 0.220 e. The van der Waals surface area contributed by atoms with E-state index in [1.165, 1.54) is 11.4 Å². The smallest absolute Gasteiger partial charge is 0.220 e. The molecular formula is C18H26N2O7S. The number of rotatable bonds is 6. The molecule has 2 aliphatic heterocycles. The molecule has 28 heavy (non-hydrogen) atoms. The van der Waals surface area contributed by atoms with Crippen LogP contribution < -0.4 is 9.47 Å². The Morgan fingerprint density at radius 3 is 2.46 bits per heavy atom. The number of fused-ring (bicyclic) bond motifs is 1. The number of methoxy groups -OCH3 is 2. The van der Waals surface area contributed by atoms with E-state index in [9.17, 15) is 13.6 Å². The van der Waals surface area contributed by atoms with Crippen molar-refractivity contribution in [1.82, 2.24) is 4.31 Å². The van der Waals surface area contributed by atoms with E-state index in [1.807, 2.05) is 6.07 Å². The number of ether oxygens (including phenoxy) is 4. The van der Waals surface area contributed by atoms with Crippen LogP contribution in [0.5, 0.6) is 11.5 Å². The maximum absolute atomic E-state index is 12.9. The molecule has 0 saturated carbocycles. The molecule has 1 atom stereocenters. The van der Waals surface area contributed by atoms with Gasteiger partial charge in [-0.2, -0.15) is 4.31 Å². The van der Waals surface area contributed by atoms with E-state index >= 15 is 0 Å². The van der Waals surface area contributed by atoms with Crippen molar-refractivity contribution in [2.45, 2.75) is 38.7 Å². The summed E-state index contributed by atoms with van der Waals surface area (Å²) in [4.78, 5) is 0. The molecule has 156 valence electrons. The molecule has 0 unspecified atom stereocenters. The molecule has 0 aliphatic carbocycles. The molecule has 0 spiro atoms. The third-order valence-corrected chi connectivity index (χ3v) is 6.67. The van der Waals surface area contributed by atoms with Gasteiger partial charge in [-0.1, -0.05) is 5.16 Å². The molecule has 1 aromatic rings. The van der Waals surface area contributed by atoms with E-state index in [0.29, 0.717) is 24.5 Å². The molecule has 2 heterocycles. The summed E-state index contributed by atoms with van der Waals surface area (Å²) < 4.78 is 49.0. The topological polar surface area (TPSA) is 107 Å². The predicted molar refractivity (Wildman–Crippen MR) is 102 cm³/mol. The van der Waals surface area contributed by atoms with E-state index in [-0.39, 0.29) is 18.9 Å². The van der Waals surface area contributed by atoms with E-state index in [0.717, 1.165) is 11.1 Å². The summed E-state index contributed by atoms with van der Waals surface area (Å²) in [6.45, 7) is 4.13. The van der Waals surface area contributed by atoms with Crippen LogP contribution in [0.2, 0.25) is 0 Å². The lowest BCUT2D eigenvalue weighted by atomic mass is 10.0. The molecular weight excluding hydrogens is 388 g/mol. The molecule has 0 bridgehead atoms. The zero-order valence-corrected chi connectivity index (χ0v) is 17.3. The lowest BCUT2D eigenvalue weighted by molar-refractivity contribution is -0.131. The molecule has 0 aromatic heterocycles. The molecule has 0 amide bonds. The van der Waals surface area contributed by atoms with E-state index in [2.05, 4.69) is 5.16 Å². The summed E-state index contributed by atoms with van der Waals surface area (Å²) >= 11 is 0. The van der Waals surface area contributed by atoms with Gasteiger partial charge in [-0.15, -0.1) is 0 Å². The lowest BCUT2D eigenvalue weighted by Crippen LogP contribution is -2.42. The fourth-order valence-corrected chi connectivity index (χ4v) is 4.92. The van der Waals surface area contributed by atoms with Crippen molar-refractivity contribution in [3.8, 4) is 11.5 Å². The first-order valence-corrected chi connectivity index (χ1v) is 10.5. The molecule has 1 saturated heterocycles. The van der Waals surface area contributed by atoms with Crippen molar-refractivity contribution >= 4 is 15.7 Å². The Morgan fingerprint density at radius 2 is 1.93 bits per heavy atom. The molecule has 2 aliphatic rings. The SMILES string of the molecule is COc1cc2c(cc1OC)CN(S(=O)(=O)C/C(=N/O)[C@H]1COC(C)(C)O1)CC2. The van der Waals surface area contributed by atoms with Crippen molar-refractivity contribution in [3.05, 3.63) is 23.3 Å². The average Bonchev–Trinajstić information content (AvgIpc) is 3.04. The summed E-state index contributed by atoms with van der Waals surface area (Å²) in [5.74, 6) is -0.106. The van der Waals surface area contributed by atoms with Gasteiger partial charge in [0.25, 0.3) is 0 Å². The van der Waals surface area contributed by atoms with Gasteiger partial charge < -0.3 is 24.2 Å². The van der Waals surface area contributed by atoms with Crippen LogP contribution in [0.1, 0.15) is 25.0 Å². The average molecular weight is 414 g/mol. The number of hydrogen-bond acceptors (Lipinski definition) is 8. The standard InChI is InChI=1S/C18H26N2O7S/c1-18(2)26-10-17(27-18)14(19-21)11-28(22,23)20-6-5-12-7-15(24-3)16(25-4)8-13(12)9-20/h7-8,17,21H,5-6,9-11H2,1-4H3/b19-14-/t17-/m1/s1. The second-order valence-electron chi connectivity index (χ2n) is 7.22. The molecule has 0 radical (unpaired) electrons. The van der Waals surface area contributed by atoms with Crippen molar-refractivity contribution in [1.29, 1.82) is 0 Å². The van der Waals surface area contributed by atoms with Gasteiger partial charge in [0, 0.05) is 13.1 Å². The summed E-state index contributed by atoms with van der Waals surface area (Å²) in [5.41, 5.74) is 1.91. The fourth-order valence-electron chi connectivity index (χ4n) is 3.41. The summed E-state index contributed by atoms with van der Waals surface area (Å²) in [5, 5.41) is 12.5. The lowest BCUT2D eigenvalue weighted by Gasteiger charge is -2.29. The Kier molecular flexibility index (Phi) is 5.85. The van der Waals surface area contributed by atoms with Gasteiger partial charge in [-0.25, -0.2) is 8.42 Å². The number of nitrogens with zero attached hydrogens (tertiary/aromatic N) is 2. The van der Waals surface area contributed by atoms with Gasteiger partial charge >= 0.3 is 0 Å². The highest BCUT2D eigenvalue weighted by Crippen LogP contribution is 2.34. The largest absolute Gasteiger partial charge is 0.493 e. The minimum Gasteiger partial charge on any atom is -0.493 e. The number of sulfonamides is 1. The van der Waals surface area contributed by atoms with Crippen LogP contribution in [-0.4, -0.2) is 68.7 Å². The van der Waals surface area contributed by atoms with Crippen LogP contribution in [0.15, 0.2) is 17.3 Å². The van der Waals surface area contributed by atoms with Gasteiger partial charge in [0.05, 0.1) is 20.8 Å². The van der Waals surface area contributed by atoms with Crippen LogP contribution in [0.25, 0.3) is 0 Å². The van der Waals surface area contributed by atoms with Crippen LogP contribution >= 0.6 is 0 Å². The van der Waals surface area contributed by atoms with Gasteiger partial charge in [-0.3, -0.25) is 0 Å². The highest BCUT2D eigenvalue weighted by Gasteiger charge is 2.39. The van der Waals surface area contributed by atoms with E-state index in [1.54, 1.807) is 27.0 Å². The number of benzene rings is 1. The van der Waals surface area contributed by atoms with Crippen molar-refractivity contribution in [2.75, 3.05) is 33.1 Å². The summed E-state index contributed by atoms with van der Waals surface area (Å²) in [6.07, 6.45) is -0.146. The van der Waals surface area contributed by atoms with Crippen molar-refractivity contribution < 1.29 is 32.6 Å². The van der Waals surface area contributed by atoms with Crippen molar-refractivity contribution in [2.24, 2.45) is 5.16 Å². The second kappa shape index (κ2) is 7.86. The summed E-state index contributed by atoms with van der Waals surface area (Å²) in [6, 6.07) is 3.68. The van der Waals surface area contributed by atoms with Gasteiger partial charge in [-0.05, 0) is 43.5 Å². The number of hydrogen-bond donors (Lipinski definition) is 1. The zero-order valence-electron chi connectivity index (χ0n) is 16.5. The molecule has 9 nitrogen and oxygen atoms in total. The third-order valence-electron chi connectivity index (χ3n) is 4.92. The third kappa shape index (κ3) is 4.24. The monoisotopic (exact) mass is 414 g/mol. The van der Waals surface area contributed by atoms with Crippen molar-refractivity contribution in [3.63, 3.8) is 0 Å². The van der Waals surface area contributed by atoms with Crippen LogP contribution in [0.3, 0.4) is 0 Å². The quantitative estimate of drug-likeness (QED) is 0.426. The second-order valence-corrected chi connectivity index (χ2v) is 9.19. The molecule has 3 rings (SSSR count). The minimum absolute atomic E-state index is 0.0312. The van der Waals surface area contributed by atoms with E-state index in [4.69, 9.17) is 18.9 Å². The number of oxime groups is 1. The summed E-state index contributed by atoms with van der Waals surface area (Å²) in [7, 11) is -0.609. The molecule has 1 aromatic carbocycles. The molecule has 1 N–H and O–H groups in total. The molecule has 1 fully saturated rings. The van der Waals surface area contributed by atoms with Gasteiger partial charge in [0.15, 0.2) is 17.3 Å². The Bertz CT molecular complexity index is 867. The zero-order chi connectivity index (χ0) is 20.5. The highest BCUT2D eigenvalue weighted by molar-refractivity contribution is 7.89. The van der Waals surface area contributed by atoms with Crippen LogP contribution in [-0.2, 0) is 32.5 Å². The normalized spacial score (nSPS) is 22.7. The van der Waals surface area contributed by atoms with E-state index < -0.39 is 27.7 Å². The van der Waals surface area contributed by atoms with Crippen LogP contribution in [0.4, 0.5) is 0 Å². The Balaban J connectivity index is 1.76. The maximum atomic E-state index is 12.9. The Morgan fingerprint density at radius 1 is 1.29 bits per heavy atom. The predicted octanol–water partition coefficient (Wildman–Crippen LogP) is 1.37. The fraction of sp³-hybridized carbons (Fsp3) is 0.611. The molecule has 10 heteroatoms.